The molecule has 2 nitrogen and oxygen atoms in total. The van der Waals surface area contributed by atoms with Gasteiger partial charge in [-0.3, -0.25) is 0 Å². The van der Waals surface area contributed by atoms with Crippen LogP contribution in [0.1, 0.15) is 11.1 Å². The van der Waals surface area contributed by atoms with Crippen LogP contribution in [0.25, 0.3) is 11.0 Å². The van der Waals surface area contributed by atoms with Crippen LogP contribution in [0, 0.1) is 0 Å². The molecule has 1 N–H and O–H groups in total. The summed E-state index contributed by atoms with van der Waals surface area (Å²) in [5.41, 5.74) is 4.62. The van der Waals surface area contributed by atoms with Crippen molar-refractivity contribution in [3.8, 4) is 0 Å². The Balaban J connectivity index is 1.91. The summed E-state index contributed by atoms with van der Waals surface area (Å²) in [6.45, 7) is 0. The fourth-order valence-corrected chi connectivity index (χ4v) is 2.18. The highest BCUT2D eigenvalue weighted by atomic mass is 16.3. The van der Waals surface area contributed by atoms with Crippen LogP contribution in [0.3, 0.4) is 0 Å². The zero-order chi connectivity index (χ0) is 12.4. The van der Waals surface area contributed by atoms with Crippen LogP contribution in [0.2, 0.25) is 0 Å². The molecule has 0 saturated heterocycles. The van der Waals surface area contributed by atoms with Crippen LogP contribution in [-0.2, 0) is 6.42 Å². The molecule has 2 heteroatoms. The Labute approximate surface area is 106 Å². The molecule has 0 atom stereocenters. The third-order valence-electron chi connectivity index (χ3n) is 3.20. The van der Waals surface area contributed by atoms with Gasteiger partial charge in [-0.05, 0) is 23.8 Å². The van der Waals surface area contributed by atoms with E-state index in [0.717, 1.165) is 17.7 Å². The molecule has 0 aliphatic rings. The number of hydrogen-bond donors (Lipinski definition) is 1. The van der Waals surface area contributed by atoms with E-state index in [2.05, 4.69) is 35.6 Å². The maximum atomic E-state index is 5.55. The van der Waals surface area contributed by atoms with E-state index >= 15 is 0 Å². The average molecular weight is 237 g/mol. The monoisotopic (exact) mass is 237 g/mol. The Kier molecular flexibility index (Phi) is 2.77. The van der Waals surface area contributed by atoms with Crippen molar-refractivity contribution in [2.24, 2.45) is 0 Å². The predicted octanol–water partition coefficient (Wildman–Crippen LogP) is 4.07. The summed E-state index contributed by atoms with van der Waals surface area (Å²) in [5.74, 6) is 0. The van der Waals surface area contributed by atoms with Gasteiger partial charge in [0.15, 0.2) is 0 Å². The molecule has 1 heterocycles. The minimum Gasteiger partial charge on any atom is -0.464 e. The van der Waals surface area contributed by atoms with E-state index in [9.17, 15) is 0 Å². The fraction of sp³-hybridized carbons (Fsp3) is 0.125. The van der Waals surface area contributed by atoms with Crippen molar-refractivity contribution in [1.29, 1.82) is 0 Å². The van der Waals surface area contributed by atoms with Gasteiger partial charge < -0.3 is 9.73 Å². The molecule has 0 aliphatic carbocycles. The lowest BCUT2D eigenvalue weighted by Crippen LogP contribution is -1.90. The molecule has 0 saturated carbocycles. The van der Waals surface area contributed by atoms with Gasteiger partial charge in [-0.25, -0.2) is 0 Å². The molecule has 18 heavy (non-hydrogen) atoms. The van der Waals surface area contributed by atoms with Crippen LogP contribution < -0.4 is 5.32 Å². The highest BCUT2D eigenvalue weighted by molar-refractivity contribution is 5.81. The lowest BCUT2D eigenvalue weighted by molar-refractivity contribution is 0.611. The summed E-state index contributed by atoms with van der Waals surface area (Å²) in [6.07, 6.45) is 2.76. The van der Waals surface area contributed by atoms with Crippen LogP contribution in [-0.4, -0.2) is 7.05 Å². The molecule has 0 unspecified atom stereocenters. The van der Waals surface area contributed by atoms with E-state index in [1.807, 2.05) is 31.5 Å². The van der Waals surface area contributed by atoms with Gasteiger partial charge in [0, 0.05) is 30.1 Å². The largest absolute Gasteiger partial charge is 0.464 e. The molecule has 3 aromatic rings. The van der Waals surface area contributed by atoms with E-state index < -0.39 is 0 Å². The number of benzene rings is 2. The number of furan rings is 1. The molecule has 0 aliphatic heterocycles. The van der Waals surface area contributed by atoms with E-state index in [-0.39, 0.29) is 0 Å². The lowest BCUT2D eigenvalue weighted by Gasteiger charge is -2.02. The number of nitrogens with one attached hydrogen (secondary N) is 1. The second kappa shape index (κ2) is 4.57. The van der Waals surface area contributed by atoms with Crippen molar-refractivity contribution >= 4 is 16.7 Å². The third kappa shape index (κ3) is 1.97. The summed E-state index contributed by atoms with van der Waals surface area (Å²) < 4.78 is 5.55. The SMILES string of the molecule is CNc1ccc(Cc2coc3ccccc23)cc1. The summed E-state index contributed by atoms with van der Waals surface area (Å²) in [5, 5.41) is 4.33. The van der Waals surface area contributed by atoms with Crippen molar-refractivity contribution < 1.29 is 4.42 Å². The summed E-state index contributed by atoms with van der Waals surface area (Å²) in [7, 11) is 1.93. The number of para-hydroxylation sites is 1. The first-order valence-electron chi connectivity index (χ1n) is 6.08. The van der Waals surface area contributed by atoms with Gasteiger partial charge in [0.25, 0.3) is 0 Å². The van der Waals surface area contributed by atoms with Crippen LogP contribution in [0.4, 0.5) is 5.69 Å². The maximum Gasteiger partial charge on any atom is 0.134 e. The Hall–Kier alpha value is -2.22. The van der Waals surface area contributed by atoms with Crippen molar-refractivity contribution in [3.63, 3.8) is 0 Å². The highest BCUT2D eigenvalue weighted by Crippen LogP contribution is 2.23. The van der Waals surface area contributed by atoms with Crippen molar-refractivity contribution in [1.82, 2.24) is 0 Å². The summed E-state index contributed by atoms with van der Waals surface area (Å²) in [6, 6.07) is 16.6. The quantitative estimate of drug-likeness (QED) is 0.743. The Morgan fingerprint density at radius 3 is 2.56 bits per heavy atom. The van der Waals surface area contributed by atoms with E-state index in [4.69, 9.17) is 4.42 Å². The number of hydrogen-bond acceptors (Lipinski definition) is 2. The fourth-order valence-electron chi connectivity index (χ4n) is 2.18. The molecule has 0 fully saturated rings. The van der Waals surface area contributed by atoms with Crippen molar-refractivity contribution in [2.75, 3.05) is 12.4 Å². The predicted molar refractivity (Wildman–Crippen MR) is 75.0 cm³/mol. The summed E-state index contributed by atoms with van der Waals surface area (Å²) in [4.78, 5) is 0. The van der Waals surface area contributed by atoms with Gasteiger partial charge in [0.05, 0.1) is 6.26 Å². The number of anilines is 1. The van der Waals surface area contributed by atoms with E-state index in [1.54, 1.807) is 0 Å². The molecule has 0 spiro atoms. The van der Waals surface area contributed by atoms with E-state index in [0.29, 0.717) is 0 Å². The average Bonchev–Trinajstić information content (AvgIpc) is 2.83. The molecule has 2 aromatic carbocycles. The minimum atomic E-state index is 0.904. The first-order valence-corrected chi connectivity index (χ1v) is 6.08. The Morgan fingerprint density at radius 2 is 1.78 bits per heavy atom. The molecule has 90 valence electrons. The third-order valence-corrected chi connectivity index (χ3v) is 3.20. The topological polar surface area (TPSA) is 25.2 Å². The van der Waals surface area contributed by atoms with Crippen molar-refractivity contribution in [3.05, 3.63) is 65.9 Å². The highest BCUT2D eigenvalue weighted by Gasteiger charge is 2.05. The van der Waals surface area contributed by atoms with Gasteiger partial charge in [-0.2, -0.15) is 0 Å². The van der Waals surface area contributed by atoms with Crippen LogP contribution >= 0.6 is 0 Å². The van der Waals surface area contributed by atoms with Gasteiger partial charge in [-0.15, -0.1) is 0 Å². The second-order valence-corrected chi connectivity index (χ2v) is 4.38. The molecule has 0 bridgehead atoms. The minimum absolute atomic E-state index is 0.904. The van der Waals surface area contributed by atoms with Crippen molar-refractivity contribution in [2.45, 2.75) is 6.42 Å². The Bertz CT molecular complexity index is 652. The van der Waals surface area contributed by atoms with Gasteiger partial charge in [-0.1, -0.05) is 30.3 Å². The molecular formula is C16H15NO. The van der Waals surface area contributed by atoms with Gasteiger partial charge in [0.2, 0.25) is 0 Å². The van der Waals surface area contributed by atoms with E-state index in [1.165, 1.54) is 16.5 Å². The zero-order valence-electron chi connectivity index (χ0n) is 10.3. The normalized spacial score (nSPS) is 10.7. The first-order chi connectivity index (χ1) is 8.86. The van der Waals surface area contributed by atoms with Crippen LogP contribution in [0.5, 0.6) is 0 Å². The first kappa shape index (κ1) is 10.9. The second-order valence-electron chi connectivity index (χ2n) is 4.38. The molecular weight excluding hydrogens is 222 g/mol. The maximum absolute atomic E-state index is 5.55. The summed E-state index contributed by atoms with van der Waals surface area (Å²) >= 11 is 0. The van der Waals surface area contributed by atoms with Crippen LogP contribution in [0.15, 0.2) is 59.2 Å². The number of rotatable bonds is 3. The standard InChI is InChI=1S/C16H15NO/c1-17-14-8-6-12(7-9-14)10-13-11-18-16-5-3-2-4-15(13)16/h2-9,11,17H,10H2,1H3. The lowest BCUT2D eigenvalue weighted by atomic mass is 10.0. The smallest absolute Gasteiger partial charge is 0.134 e. The molecule has 3 rings (SSSR count). The number of fused-ring (bicyclic) bond motifs is 1. The zero-order valence-corrected chi connectivity index (χ0v) is 10.3. The van der Waals surface area contributed by atoms with Gasteiger partial charge >= 0.3 is 0 Å². The molecule has 0 radical (unpaired) electrons. The van der Waals surface area contributed by atoms with Gasteiger partial charge in [0.1, 0.15) is 5.58 Å². The molecule has 0 amide bonds. The Morgan fingerprint density at radius 1 is 1.00 bits per heavy atom. The molecule has 1 aromatic heterocycles.